The smallest absolute Gasteiger partial charge is 0.258 e. The number of fused-ring (bicyclic) bond motifs is 2. The molecule has 0 saturated carbocycles. The first kappa shape index (κ1) is 18.7. The minimum Gasteiger partial charge on any atom is -0.382 e. The molecule has 1 aromatic carbocycles. The first-order valence-electron chi connectivity index (χ1n) is 10.1. The zero-order chi connectivity index (χ0) is 20.7. The van der Waals surface area contributed by atoms with Crippen LogP contribution in [-0.4, -0.2) is 33.9 Å². The first-order chi connectivity index (χ1) is 14.6. The third-order valence-corrected chi connectivity index (χ3v) is 6.64. The molecule has 0 bridgehead atoms. The van der Waals surface area contributed by atoms with Crippen LogP contribution in [0.15, 0.2) is 36.1 Å². The fraction of sp³-hybridized carbons (Fsp3) is 0.273. The Balaban J connectivity index is 1.56. The van der Waals surface area contributed by atoms with Crippen LogP contribution in [0, 0.1) is 6.92 Å². The predicted octanol–water partition coefficient (Wildman–Crippen LogP) is 4.37. The molecular weight excluding hydrogens is 396 g/mol. The summed E-state index contributed by atoms with van der Waals surface area (Å²) >= 11 is 1.38. The van der Waals surface area contributed by atoms with Crippen LogP contribution in [-0.2, 0) is 0 Å². The molecule has 1 aliphatic heterocycles. The highest BCUT2D eigenvalue weighted by atomic mass is 32.1. The molecule has 3 N–H and O–H groups in total. The number of aromatic nitrogens is 3. The second kappa shape index (κ2) is 7.53. The summed E-state index contributed by atoms with van der Waals surface area (Å²) in [5.74, 6) is 1.18. The third-order valence-electron chi connectivity index (χ3n) is 5.65. The van der Waals surface area contributed by atoms with Crippen LogP contribution >= 0.6 is 11.3 Å². The van der Waals surface area contributed by atoms with E-state index in [2.05, 4.69) is 31.2 Å². The lowest BCUT2D eigenvalue weighted by Gasteiger charge is -2.29. The maximum atomic E-state index is 13.2. The molecule has 1 fully saturated rings. The molecular formula is C22H22N6OS. The van der Waals surface area contributed by atoms with Gasteiger partial charge in [0.15, 0.2) is 0 Å². The van der Waals surface area contributed by atoms with Gasteiger partial charge < -0.3 is 16.0 Å². The second-order valence-corrected chi connectivity index (χ2v) is 8.45. The van der Waals surface area contributed by atoms with Gasteiger partial charge in [0, 0.05) is 35.4 Å². The fourth-order valence-corrected chi connectivity index (χ4v) is 4.99. The van der Waals surface area contributed by atoms with E-state index in [9.17, 15) is 4.79 Å². The van der Waals surface area contributed by atoms with Crippen LogP contribution < -0.4 is 16.0 Å². The number of amides is 1. The van der Waals surface area contributed by atoms with Crippen molar-refractivity contribution in [3.63, 3.8) is 0 Å². The molecule has 1 amide bonds. The summed E-state index contributed by atoms with van der Waals surface area (Å²) in [7, 11) is 0. The van der Waals surface area contributed by atoms with Crippen molar-refractivity contribution in [3.8, 4) is 0 Å². The summed E-state index contributed by atoms with van der Waals surface area (Å²) in [5.41, 5.74) is 8.82. The van der Waals surface area contributed by atoms with Gasteiger partial charge in [0.2, 0.25) is 0 Å². The van der Waals surface area contributed by atoms with Gasteiger partial charge in [-0.05, 0) is 37.8 Å². The number of rotatable bonds is 3. The average Bonchev–Trinajstić information content (AvgIpc) is 3.21. The van der Waals surface area contributed by atoms with E-state index in [0.717, 1.165) is 45.6 Å². The van der Waals surface area contributed by atoms with Crippen LogP contribution in [0.3, 0.4) is 0 Å². The second-order valence-electron chi connectivity index (χ2n) is 7.57. The van der Waals surface area contributed by atoms with Crippen molar-refractivity contribution >= 4 is 55.6 Å². The molecule has 0 aliphatic carbocycles. The Morgan fingerprint density at radius 1 is 1.10 bits per heavy atom. The molecule has 0 radical (unpaired) electrons. The van der Waals surface area contributed by atoms with Crippen LogP contribution in [0.1, 0.15) is 35.2 Å². The van der Waals surface area contributed by atoms with Gasteiger partial charge in [0.25, 0.3) is 5.91 Å². The lowest BCUT2D eigenvalue weighted by atomic mass is 10.0. The maximum Gasteiger partial charge on any atom is 0.258 e. The number of nitrogens with two attached hydrogens (primary N) is 1. The molecule has 8 heteroatoms. The molecule has 4 aromatic rings. The SMILES string of the molecule is Cc1ccc2c(N3CCCCC3)nccc2c1NC(=O)c1csc2c(N)ncnc12. The highest BCUT2D eigenvalue weighted by molar-refractivity contribution is 7.18. The van der Waals surface area contributed by atoms with Gasteiger partial charge in [-0.2, -0.15) is 0 Å². The molecule has 0 unspecified atom stereocenters. The summed E-state index contributed by atoms with van der Waals surface area (Å²) in [6.07, 6.45) is 6.86. The Labute approximate surface area is 178 Å². The quantitative estimate of drug-likeness (QED) is 0.513. The van der Waals surface area contributed by atoms with E-state index < -0.39 is 0 Å². The molecule has 152 valence electrons. The zero-order valence-electron chi connectivity index (χ0n) is 16.7. The van der Waals surface area contributed by atoms with Gasteiger partial charge in [0.1, 0.15) is 18.0 Å². The number of nitrogens with zero attached hydrogens (tertiary/aromatic N) is 4. The number of hydrogen-bond donors (Lipinski definition) is 2. The molecule has 3 aromatic heterocycles. The van der Waals surface area contributed by atoms with Crippen molar-refractivity contribution in [1.82, 2.24) is 15.0 Å². The molecule has 0 spiro atoms. The van der Waals surface area contributed by atoms with E-state index in [-0.39, 0.29) is 5.91 Å². The molecule has 7 nitrogen and oxygen atoms in total. The van der Waals surface area contributed by atoms with Gasteiger partial charge in [0.05, 0.1) is 21.5 Å². The van der Waals surface area contributed by atoms with Crippen LogP contribution in [0.5, 0.6) is 0 Å². The van der Waals surface area contributed by atoms with E-state index in [4.69, 9.17) is 5.73 Å². The van der Waals surface area contributed by atoms with E-state index in [0.29, 0.717) is 16.9 Å². The monoisotopic (exact) mass is 418 g/mol. The standard InChI is InChI=1S/C22H22N6OS/c1-13-5-6-15-14(7-8-24-21(15)28-9-3-2-4-10-28)17(13)27-22(29)16-11-30-19-18(16)25-12-26-20(19)23/h5-8,11-12H,2-4,9-10H2,1H3,(H,27,29)(H2,23,25,26). The minimum absolute atomic E-state index is 0.203. The molecule has 0 atom stereocenters. The van der Waals surface area contributed by atoms with Crippen LogP contribution in [0.2, 0.25) is 0 Å². The number of aryl methyl sites for hydroxylation is 1. The first-order valence-corrected chi connectivity index (χ1v) is 10.9. The Bertz CT molecular complexity index is 1260. The number of benzene rings is 1. The molecule has 4 heterocycles. The Morgan fingerprint density at radius 3 is 2.77 bits per heavy atom. The highest BCUT2D eigenvalue weighted by Crippen LogP contribution is 2.34. The van der Waals surface area contributed by atoms with Gasteiger partial charge >= 0.3 is 0 Å². The van der Waals surface area contributed by atoms with E-state index in [1.807, 2.05) is 25.3 Å². The number of hydrogen-bond acceptors (Lipinski definition) is 7. The van der Waals surface area contributed by atoms with Crippen molar-refractivity contribution in [1.29, 1.82) is 0 Å². The summed E-state index contributed by atoms with van der Waals surface area (Å²) in [4.78, 5) is 28.4. The van der Waals surface area contributed by atoms with Gasteiger partial charge in [-0.1, -0.05) is 12.1 Å². The van der Waals surface area contributed by atoms with Crippen molar-refractivity contribution in [2.45, 2.75) is 26.2 Å². The van der Waals surface area contributed by atoms with Gasteiger partial charge in [-0.25, -0.2) is 15.0 Å². The minimum atomic E-state index is -0.203. The van der Waals surface area contributed by atoms with Crippen molar-refractivity contribution in [2.24, 2.45) is 0 Å². The van der Waals surface area contributed by atoms with Crippen molar-refractivity contribution in [3.05, 3.63) is 47.2 Å². The number of nitrogen functional groups attached to an aromatic ring is 1. The zero-order valence-corrected chi connectivity index (χ0v) is 17.5. The number of carbonyl (C=O) groups is 1. The maximum absolute atomic E-state index is 13.2. The van der Waals surface area contributed by atoms with Gasteiger partial charge in [-0.3, -0.25) is 4.79 Å². The number of carbonyl (C=O) groups excluding carboxylic acids is 1. The summed E-state index contributed by atoms with van der Waals surface area (Å²) in [6.45, 7) is 4.04. The number of thiophene rings is 1. The average molecular weight is 419 g/mol. The molecule has 30 heavy (non-hydrogen) atoms. The normalized spacial score (nSPS) is 14.4. The van der Waals surface area contributed by atoms with E-state index in [1.165, 1.54) is 36.9 Å². The van der Waals surface area contributed by atoms with Crippen molar-refractivity contribution < 1.29 is 4.79 Å². The van der Waals surface area contributed by atoms with Crippen LogP contribution in [0.4, 0.5) is 17.3 Å². The molecule has 5 rings (SSSR count). The summed E-state index contributed by atoms with van der Waals surface area (Å²) < 4.78 is 0.730. The van der Waals surface area contributed by atoms with E-state index >= 15 is 0 Å². The Hall–Kier alpha value is -3.26. The Kier molecular flexibility index (Phi) is 4.71. The van der Waals surface area contributed by atoms with Crippen LogP contribution in [0.25, 0.3) is 21.0 Å². The Morgan fingerprint density at radius 2 is 1.93 bits per heavy atom. The largest absolute Gasteiger partial charge is 0.382 e. The molecule has 1 aliphatic rings. The lowest BCUT2D eigenvalue weighted by molar-refractivity contribution is 0.102. The fourth-order valence-electron chi connectivity index (χ4n) is 4.08. The lowest BCUT2D eigenvalue weighted by Crippen LogP contribution is -2.30. The predicted molar refractivity (Wildman–Crippen MR) is 122 cm³/mol. The number of nitrogens with one attached hydrogen (secondary N) is 1. The van der Waals surface area contributed by atoms with E-state index in [1.54, 1.807) is 5.38 Å². The van der Waals surface area contributed by atoms with Crippen molar-refractivity contribution in [2.75, 3.05) is 29.0 Å². The summed E-state index contributed by atoms with van der Waals surface area (Å²) in [5, 5.41) is 6.95. The summed E-state index contributed by atoms with van der Waals surface area (Å²) in [6, 6.07) is 6.11. The number of pyridine rings is 1. The highest BCUT2D eigenvalue weighted by Gasteiger charge is 2.20. The number of piperidine rings is 1. The van der Waals surface area contributed by atoms with Gasteiger partial charge in [-0.15, -0.1) is 11.3 Å². The third kappa shape index (κ3) is 3.13. The number of anilines is 3. The molecule has 1 saturated heterocycles. The topological polar surface area (TPSA) is 97.0 Å².